The molecule has 2 aromatic rings. The Morgan fingerprint density at radius 1 is 1.04 bits per heavy atom. The van der Waals surface area contributed by atoms with Crippen LogP contribution in [0.1, 0.15) is 43.2 Å². The molecule has 1 aliphatic heterocycles. The first-order valence-corrected chi connectivity index (χ1v) is 10.2. The van der Waals surface area contributed by atoms with Crippen molar-refractivity contribution in [3.63, 3.8) is 0 Å². The summed E-state index contributed by atoms with van der Waals surface area (Å²) in [4.78, 5) is 2.73. The number of hydrogen-bond acceptors (Lipinski definition) is 2. The van der Waals surface area contributed by atoms with Crippen LogP contribution < -0.4 is 4.74 Å². The van der Waals surface area contributed by atoms with Gasteiger partial charge in [0.2, 0.25) is 0 Å². The maximum absolute atomic E-state index is 5.52. The first-order chi connectivity index (χ1) is 12.8. The number of likely N-dealkylation sites (tertiary alicyclic amines) is 1. The van der Waals surface area contributed by atoms with E-state index in [0.717, 1.165) is 11.7 Å². The molecule has 1 saturated heterocycles. The zero-order valence-electron chi connectivity index (χ0n) is 16.4. The molecule has 0 amide bonds. The van der Waals surface area contributed by atoms with E-state index >= 15 is 0 Å². The van der Waals surface area contributed by atoms with Gasteiger partial charge in [-0.25, -0.2) is 0 Å². The summed E-state index contributed by atoms with van der Waals surface area (Å²) in [6.45, 7) is 3.69. The first-order valence-electron chi connectivity index (χ1n) is 10.2. The molecule has 0 bridgehead atoms. The number of nitrogens with zero attached hydrogens (tertiary/aromatic N) is 1. The van der Waals surface area contributed by atoms with Gasteiger partial charge in [0.15, 0.2) is 0 Å². The van der Waals surface area contributed by atoms with Crippen LogP contribution in [0.2, 0.25) is 0 Å². The third-order valence-corrected chi connectivity index (χ3v) is 6.74. The van der Waals surface area contributed by atoms with Crippen molar-refractivity contribution in [2.45, 2.75) is 43.9 Å². The van der Waals surface area contributed by atoms with Crippen molar-refractivity contribution in [3.8, 4) is 5.75 Å². The fraction of sp³-hybridized carbons (Fsp3) is 0.500. The van der Waals surface area contributed by atoms with Gasteiger partial charge in [-0.3, -0.25) is 0 Å². The number of rotatable bonds is 5. The van der Waals surface area contributed by atoms with Gasteiger partial charge < -0.3 is 9.64 Å². The smallest absolute Gasteiger partial charge is 0.119 e. The molecule has 2 aromatic carbocycles. The van der Waals surface area contributed by atoms with E-state index < -0.39 is 0 Å². The highest BCUT2D eigenvalue weighted by Crippen LogP contribution is 2.50. The van der Waals surface area contributed by atoms with E-state index in [1.54, 1.807) is 7.11 Å². The van der Waals surface area contributed by atoms with Crippen LogP contribution in [0.25, 0.3) is 0 Å². The quantitative estimate of drug-likeness (QED) is 0.608. The van der Waals surface area contributed by atoms with Crippen LogP contribution in [0.5, 0.6) is 5.75 Å². The van der Waals surface area contributed by atoms with E-state index in [4.69, 9.17) is 4.74 Å². The van der Waals surface area contributed by atoms with Crippen molar-refractivity contribution in [2.75, 3.05) is 26.7 Å². The van der Waals surface area contributed by atoms with Crippen LogP contribution in [-0.2, 0) is 11.8 Å². The van der Waals surface area contributed by atoms with Crippen molar-refractivity contribution < 1.29 is 4.74 Å². The van der Waals surface area contributed by atoms with E-state index in [1.165, 1.54) is 69.3 Å². The molecule has 27 heavy (non-hydrogen) atoms. The number of hydrogen-bond donors (Lipinski definition) is 0. The predicted octanol–water partition coefficient (Wildman–Crippen LogP) is 5.65. The fourth-order valence-corrected chi connectivity index (χ4v) is 5.35. The highest BCUT2D eigenvalue weighted by atomic mass is 79.9. The topological polar surface area (TPSA) is 12.5 Å². The van der Waals surface area contributed by atoms with Gasteiger partial charge in [-0.2, -0.15) is 0 Å². The lowest BCUT2D eigenvalue weighted by Crippen LogP contribution is -2.36. The van der Waals surface area contributed by atoms with E-state index in [0.29, 0.717) is 5.41 Å². The largest absolute Gasteiger partial charge is 0.497 e. The molecule has 0 radical (unpaired) electrons. The van der Waals surface area contributed by atoms with Crippen molar-refractivity contribution in [2.24, 2.45) is 5.92 Å². The van der Waals surface area contributed by atoms with E-state index in [1.807, 2.05) is 0 Å². The minimum atomic E-state index is 0. The van der Waals surface area contributed by atoms with Crippen LogP contribution in [0.15, 0.2) is 54.6 Å². The Bertz CT molecular complexity index is 719. The van der Waals surface area contributed by atoms with Crippen molar-refractivity contribution >= 4 is 17.0 Å². The highest BCUT2D eigenvalue weighted by molar-refractivity contribution is 8.93. The predicted molar refractivity (Wildman–Crippen MR) is 118 cm³/mol. The third-order valence-electron chi connectivity index (χ3n) is 6.74. The van der Waals surface area contributed by atoms with Crippen LogP contribution >= 0.6 is 17.0 Å². The SMILES string of the molecule is Br.COc1cccc(C23CCCC2CN(CCc2ccccc2)CCC3)c1. The van der Waals surface area contributed by atoms with E-state index in [-0.39, 0.29) is 17.0 Å². The maximum atomic E-state index is 5.52. The normalized spacial score (nSPS) is 25.3. The molecule has 0 aromatic heterocycles. The second kappa shape index (κ2) is 9.25. The van der Waals surface area contributed by atoms with Gasteiger partial charge >= 0.3 is 0 Å². The summed E-state index contributed by atoms with van der Waals surface area (Å²) in [6.07, 6.45) is 7.89. The van der Waals surface area contributed by atoms with Gasteiger partial charge in [0.1, 0.15) is 5.75 Å². The van der Waals surface area contributed by atoms with Gasteiger partial charge in [0, 0.05) is 13.1 Å². The second-order valence-electron chi connectivity index (χ2n) is 8.12. The zero-order valence-corrected chi connectivity index (χ0v) is 18.1. The van der Waals surface area contributed by atoms with Gasteiger partial charge in [-0.1, -0.05) is 48.9 Å². The number of halogens is 1. The summed E-state index contributed by atoms with van der Waals surface area (Å²) in [5.41, 5.74) is 3.35. The lowest BCUT2D eigenvalue weighted by molar-refractivity contribution is 0.223. The van der Waals surface area contributed by atoms with Crippen molar-refractivity contribution in [1.82, 2.24) is 4.90 Å². The van der Waals surface area contributed by atoms with E-state index in [9.17, 15) is 0 Å². The Balaban J connectivity index is 0.00000210. The molecule has 2 fully saturated rings. The summed E-state index contributed by atoms with van der Waals surface area (Å²) >= 11 is 0. The summed E-state index contributed by atoms with van der Waals surface area (Å²) in [5.74, 6) is 1.79. The van der Waals surface area contributed by atoms with Crippen LogP contribution in [0.4, 0.5) is 0 Å². The summed E-state index contributed by atoms with van der Waals surface area (Å²) in [6, 6.07) is 19.8. The van der Waals surface area contributed by atoms with Crippen molar-refractivity contribution in [1.29, 1.82) is 0 Å². The molecule has 2 nitrogen and oxygen atoms in total. The Hall–Kier alpha value is -1.32. The van der Waals surface area contributed by atoms with Crippen molar-refractivity contribution in [3.05, 3.63) is 65.7 Å². The molecule has 146 valence electrons. The zero-order chi connectivity index (χ0) is 17.8. The molecule has 4 rings (SSSR count). The van der Waals surface area contributed by atoms with Gasteiger partial charge in [-0.15, -0.1) is 17.0 Å². The molecule has 2 aliphatic rings. The summed E-state index contributed by atoms with van der Waals surface area (Å²) in [5, 5.41) is 0. The first kappa shape index (κ1) is 20.4. The van der Waals surface area contributed by atoms with E-state index in [2.05, 4.69) is 59.5 Å². The molecule has 2 atom stereocenters. The lowest BCUT2D eigenvalue weighted by Gasteiger charge is -2.36. The number of ether oxygens (including phenoxy) is 1. The minimum absolute atomic E-state index is 0. The number of benzene rings is 2. The summed E-state index contributed by atoms with van der Waals surface area (Å²) in [7, 11) is 1.78. The Morgan fingerprint density at radius 2 is 1.85 bits per heavy atom. The maximum Gasteiger partial charge on any atom is 0.119 e. The molecule has 1 saturated carbocycles. The van der Waals surface area contributed by atoms with Gasteiger partial charge in [0.25, 0.3) is 0 Å². The molecule has 0 spiro atoms. The number of methoxy groups -OCH3 is 1. The molecule has 0 N–H and O–H groups in total. The Labute approximate surface area is 174 Å². The van der Waals surface area contributed by atoms with Crippen LogP contribution in [0.3, 0.4) is 0 Å². The molecule has 1 heterocycles. The third kappa shape index (κ3) is 4.41. The Kier molecular flexibility index (Phi) is 6.99. The standard InChI is InChI=1S/C24H31NO.BrH/c1-26-23-12-5-10-21(18-23)24-14-6-11-22(24)19-25(16-7-15-24)17-13-20-8-3-2-4-9-20;/h2-5,8-10,12,18,22H,6-7,11,13-17,19H2,1H3;1H. The Morgan fingerprint density at radius 3 is 2.67 bits per heavy atom. The van der Waals surface area contributed by atoms with Gasteiger partial charge in [0.05, 0.1) is 7.11 Å². The van der Waals surface area contributed by atoms with Crippen LogP contribution in [-0.4, -0.2) is 31.6 Å². The summed E-state index contributed by atoms with van der Waals surface area (Å²) < 4.78 is 5.52. The lowest BCUT2D eigenvalue weighted by atomic mass is 9.69. The second-order valence-corrected chi connectivity index (χ2v) is 8.12. The molecule has 2 unspecified atom stereocenters. The number of fused-ring (bicyclic) bond motifs is 1. The molecule has 3 heteroatoms. The molecule has 1 aliphatic carbocycles. The van der Waals surface area contributed by atoms with Gasteiger partial charge in [-0.05, 0) is 73.2 Å². The minimum Gasteiger partial charge on any atom is -0.497 e. The monoisotopic (exact) mass is 429 g/mol. The fourth-order valence-electron chi connectivity index (χ4n) is 5.35. The molecular formula is C24H32BrNO. The average Bonchev–Trinajstić information content (AvgIpc) is 3.01. The molecular weight excluding hydrogens is 398 g/mol. The van der Waals surface area contributed by atoms with Crippen LogP contribution in [0, 0.1) is 5.92 Å². The highest BCUT2D eigenvalue weighted by Gasteiger charge is 2.45. The average molecular weight is 430 g/mol.